The zero-order valence-corrected chi connectivity index (χ0v) is 18.1. The molecule has 9 nitrogen and oxygen atoms in total. The fourth-order valence-electron chi connectivity index (χ4n) is 3.94. The number of aliphatic hydroxyl groups is 3. The number of nitrogens with one attached hydrogen (secondary N) is 1. The van der Waals surface area contributed by atoms with E-state index in [1.54, 1.807) is 24.3 Å². The van der Waals surface area contributed by atoms with Crippen LogP contribution in [0.5, 0.6) is 0 Å². The van der Waals surface area contributed by atoms with Crippen LogP contribution in [0.15, 0.2) is 53.8 Å². The number of unbranched alkanes of at least 4 members (excludes halogenated alkanes) is 1. The summed E-state index contributed by atoms with van der Waals surface area (Å²) in [5, 5.41) is 34.2. The van der Waals surface area contributed by atoms with Gasteiger partial charge in [-0.05, 0) is 13.3 Å². The predicted octanol–water partition coefficient (Wildman–Crippen LogP) is 0.393. The van der Waals surface area contributed by atoms with Gasteiger partial charge in [-0.25, -0.2) is 0 Å². The van der Waals surface area contributed by atoms with Crippen LogP contribution in [-0.4, -0.2) is 69.5 Å². The van der Waals surface area contributed by atoms with E-state index in [-0.39, 0.29) is 16.9 Å². The van der Waals surface area contributed by atoms with Crippen LogP contribution >= 0.6 is 0 Å². The number of ketones is 2. The molecule has 0 unspecified atom stereocenters. The van der Waals surface area contributed by atoms with Gasteiger partial charge in [-0.3, -0.25) is 14.4 Å². The second-order valence-electron chi connectivity index (χ2n) is 7.80. The van der Waals surface area contributed by atoms with Crippen molar-refractivity contribution in [1.29, 1.82) is 0 Å². The van der Waals surface area contributed by atoms with Crippen LogP contribution in [0.25, 0.3) is 0 Å². The zero-order valence-electron chi connectivity index (χ0n) is 18.1. The van der Waals surface area contributed by atoms with Crippen LogP contribution in [-0.2, 0) is 19.1 Å². The number of amides is 1. The maximum absolute atomic E-state index is 13.2. The lowest BCUT2D eigenvalue weighted by Crippen LogP contribution is -2.60. The summed E-state index contributed by atoms with van der Waals surface area (Å²) in [6, 6.07) is 7.83. The van der Waals surface area contributed by atoms with Gasteiger partial charge >= 0.3 is 0 Å². The number of aliphatic hydroxyl groups excluding tert-OH is 3. The van der Waals surface area contributed by atoms with E-state index in [4.69, 9.17) is 9.47 Å². The Morgan fingerprint density at radius 1 is 1.28 bits per heavy atom. The van der Waals surface area contributed by atoms with Gasteiger partial charge in [0.05, 0.1) is 0 Å². The van der Waals surface area contributed by atoms with Gasteiger partial charge in [0.1, 0.15) is 18.0 Å². The number of carbonyl (C=O) groups is 3. The van der Waals surface area contributed by atoms with Crippen molar-refractivity contribution in [2.45, 2.75) is 56.3 Å². The molecule has 3 rings (SSSR count). The van der Waals surface area contributed by atoms with Gasteiger partial charge in [0.15, 0.2) is 6.10 Å². The average Bonchev–Trinajstić information content (AvgIpc) is 3.20. The van der Waals surface area contributed by atoms with Crippen LogP contribution in [0.3, 0.4) is 0 Å². The normalized spacial score (nSPS) is 29.5. The average molecular weight is 445 g/mol. The minimum atomic E-state index is -2.53. The molecule has 2 heterocycles. The first-order valence-electron chi connectivity index (χ1n) is 10.3. The first-order chi connectivity index (χ1) is 15.2. The van der Waals surface area contributed by atoms with Crippen LogP contribution in [0.2, 0.25) is 0 Å². The number of allylic oxidation sites excluding steroid dienone is 1. The highest BCUT2D eigenvalue weighted by molar-refractivity contribution is 6.23. The lowest BCUT2D eigenvalue weighted by Gasteiger charge is -2.32. The maximum Gasteiger partial charge on any atom is 0.278 e. The van der Waals surface area contributed by atoms with Gasteiger partial charge < -0.3 is 30.1 Å². The van der Waals surface area contributed by atoms with Crippen molar-refractivity contribution in [1.82, 2.24) is 5.32 Å². The van der Waals surface area contributed by atoms with Gasteiger partial charge in [0.2, 0.25) is 17.3 Å². The van der Waals surface area contributed by atoms with Crippen LogP contribution in [0.1, 0.15) is 37.0 Å². The van der Waals surface area contributed by atoms with E-state index in [1.807, 2.05) is 6.92 Å². The third-order valence-electron chi connectivity index (χ3n) is 5.80. The first kappa shape index (κ1) is 23.8. The number of ether oxygens (including phenoxy) is 2. The fraction of sp³-hybridized carbons (Fsp3) is 0.435. The van der Waals surface area contributed by atoms with Crippen molar-refractivity contribution in [3.63, 3.8) is 0 Å². The predicted molar refractivity (Wildman–Crippen MR) is 112 cm³/mol. The minimum absolute atomic E-state index is 0.137. The highest BCUT2D eigenvalue weighted by Gasteiger charge is 2.74. The van der Waals surface area contributed by atoms with Crippen molar-refractivity contribution in [3.05, 3.63) is 59.4 Å². The van der Waals surface area contributed by atoms with E-state index in [2.05, 4.69) is 5.32 Å². The Labute approximate surface area is 185 Å². The number of rotatable bonds is 8. The van der Waals surface area contributed by atoms with Crippen molar-refractivity contribution in [2.75, 3.05) is 7.11 Å². The summed E-state index contributed by atoms with van der Waals surface area (Å²) in [5.41, 5.74) is -4.83. The largest absolute Gasteiger partial charge is 0.467 e. The Bertz CT molecular complexity index is 971. The van der Waals surface area contributed by atoms with Crippen LogP contribution in [0.4, 0.5) is 0 Å². The minimum Gasteiger partial charge on any atom is -0.467 e. The molecule has 2 aliphatic rings. The third-order valence-corrected chi connectivity index (χ3v) is 5.80. The summed E-state index contributed by atoms with van der Waals surface area (Å²) in [6.07, 6.45) is -0.605. The molecule has 2 aliphatic heterocycles. The molecule has 9 heteroatoms. The Balaban J connectivity index is 1.96. The molecule has 1 saturated heterocycles. The molecule has 0 aromatic heterocycles. The molecule has 4 N–H and O–H groups in total. The summed E-state index contributed by atoms with van der Waals surface area (Å²) in [5.74, 6) is -3.14. The van der Waals surface area contributed by atoms with E-state index < -0.39 is 47.1 Å². The van der Waals surface area contributed by atoms with E-state index in [0.717, 1.165) is 13.5 Å². The van der Waals surface area contributed by atoms with Crippen molar-refractivity contribution < 1.29 is 39.2 Å². The molecule has 5 atom stereocenters. The second kappa shape index (κ2) is 8.95. The van der Waals surface area contributed by atoms with Crippen molar-refractivity contribution in [2.24, 2.45) is 0 Å². The topological polar surface area (TPSA) is 142 Å². The number of Topliss-reactive ketones (excluding diaryl/α,β-unsaturated/α-hetero) is 2. The van der Waals surface area contributed by atoms with Gasteiger partial charge in [-0.15, -0.1) is 0 Å². The highest BCUT2D eigenvalue weighted by atomic mass is 16.6. The zero-order chi connectivity index (χ0) is 23.7. The lowest BCUT2D eigenvalue weighted by atomic mass is 9.85. The second-order valence-corrected chi connectivity index (χ2v) is 7.80. The van der Waals surface area contributed by atoms with Crippen molar-refractivity contribution >= 4 is 17.5 Å². The number of benzene rings is 1. The van der Waals surface area contributed by atoms with E-state index in [9.17, 15) is 29.7 Å². The number of hydrogen-bond donors (Lipinski definition) is 4. The van der Waals surface area contributed by atoms with Gasteiger partial charge in [0.25, 0.3) is 11.5 Å². The Kier molecular flexibility index (Phi) is 6.66. The summed E-state index contributed by atoms with van der Waals surface area (Å²) in [4.78, 5) is 39.3. The van der Waals surface area contributed by atoms with Gasteiger partial charge in [-0.1, -0.05) is 55.8 Å². The molecular weight excluding hydrogens is 418 g/mol. The number of methoxy groups -OCH3 is 1. The monoisotopic (exact) mass is 445 g/mol. The van der Waals surface area contributed by atoms with E-state index >= 15 is 0 Å². The number of hydrogen-bond acceptors (Lipinski definition) is 8. The molecule has 0 radical (unpaired) electrons. The molecule has 1 aromatic carbocycles. The summed E-state index contributed by atoms with van der Waals surface area (Å²) in [7, 11) is 1.11. The molecule has 172 valence electrons. The van der Waals surface area contributed by atoms with Gasteiger partial charge in [-0.2, -0.15) is 0 Å². The maximum atomic E-state index is 13.2. The van der Waals surface area contributed by atoms with Crippen LogP contribution in [0, 0.1) is 0 Å². The molecule has 1 fully saturated rings. The molecule has 1 amide bonds. The molecule has 1 spiro atoms. The summed E-state index contributed by atoms with van der Waals surface area (Å²) in [6.45, 7) is 3.26. The molecule has 32 heavy (non-hydrogen) atoms. The molecule has 0 bridgehead atoms. The van der Waals surface area contributed by atoms with Gasteiger partial charge in [0, 0.05) is 18.2 Å². The quantitative estimate of drug-likeness (QED) is 0.256. The standard InChI is InChI=1S/C23H27NO8/c1-4-5-7-12-15(25)16(26)17-13(2)18(27)22(32-17)20(29)23(31-3,24-21(22)30)19(28)14-10-8-6-9-11-14/h6-12,15-16,20,25-26,29H,4-5H2,1-3H3,(H,24,30)/t15-,16+,20+,22+,23+/m0/s1. The van der Waals surface area contributed by atoms with E-state index in [0.29, 0.717) is 6.42 Å². The molecular formula is C23H27NO8. The van der Waals surface area contributed by atoms with Crippen LogP contribution < -0.4 is 5.32 Å². The highest BCUT2D eigenvalue weighted by Crippen LogP contribution is 2.44. The molecule has 1 aromatic rings. The number of carbonyl (C=O) groups excluding carboxylic acids is 3. The summed E-state index contributed by atoms with van der Waals surface area (Å²) < 4.78 is 10.9. The van der Waals surface area contributed by atoms with E-state index in [1.165, 1.54) is 25.1 Å². The third kappa shape index (κ3) is 3.47. The Morgan fingerprint density at radius 3 is 2.53 bits per heavy atom. The van der Waals surface area contributed by atoms with Crippen molar-refractivity contribution in [3.8, 4) is 0 Å². The fourth-order valence-corrected chi connectivity index (χ4v) is 3.94. The Morgan fingerprint density at radius 2 is 1.94 bits per heavy atom. The Hall–Kier alpha value is -2.85. The molecule has 0 saturated carbocycles. The first-order valence-corrected chi connectivity index (χ1v) is 10.3. The lowest BCUT2D eigenvalue weighted by molar-refractivity contribution is -0.163. The smallest absolute Gasteiger partial charge is 0.278 e. The molecule has 0 aliphatic carbocycles. The SMILES string of the molecule is CCCC=C[C@H](O)[C@@H](O)C1=C(C)C(=O)[C@]2(O1)C(=O)N[C@@](OC)(C(=O)c1ccccc1)[C@@H]2O. The summed E-state index contributed by atoms with van der Waals surface area (Å²) >= 11 is 0.